The number of carbonyl (C=O) groups is 1. The quantitative estimate of drug-likeness (QED) is 0.872. The Hall–Kier alpha value is -2.18. The van der Waals surface area contributed by atoms with E-state index in [0.717, 1.165) is 37.0 Å². The summed E-state index contributed by atoms with van der Waals surface area (Å²) in [5, 5.41) is 2.88. The SMILES string of the molecule is COc1ccccc1-c1cc(NC(=O)C2CCCCC2N)ncn1.Cl. The molecular weight excluding hydrogens is 340 g/mol. The van der Waals surface area contributed by atoms with Crippen LogP contribution in [0.3, 0.4) is 0 Å². The molecule has 0 aliphatic heterocycles. The highest BCUT2D eigenvalue weighted by Gasteiger charge is 2.28. The maximum atomic E-state index is 12.5. The predicted molar refractivity (Wildman–Crippen MR) is 99.8 cm³/mol. The van der Waals surface area contributed by atoms with Crippen LogP contribution in [0.1, 0.15) is 25.7 Å². The number of para-hydroxylation sites is 1. The number of aromatic nitrogens is 2. The minimum absolute atomic E-state index is 0. The third kappa shape index (κ3) is 4.46. The van der Waals surface area contributed by atoms with Gasteiger partial charge in [0.1, 0.15) is 17.9 Å². The molecule has 134 valence electrons. The highest BCUT2D eigenvalue weighted by Crippen LogP contribution is 2.29. The van der Waals surface area contributed by atoms with Crippen LogP contribution in [0.15, 0.2) is 36.7 Å². The normalized spacial score (nSPS) is 19.6. The summed E-state index contributed by atoms with van der Waals surface area (Å²) in [5.41, 5.74) is 7.64. The van der Waals surface area contributed by atoms with Gasteiger partial charge in [-0.3, -0.25) is 4.79 Å². The van der Waals surface area contributed by atoms with Crippen LogP contribution in [-0.4, -0.2) is 29.0 Å². The number of rotatable bonds is 4. The van der Waals surface area contributed by atoms with E-state index in [2.05, 4.69) is 15.3 Å². The zero-order chi connectivity index (χ0) is 16.9. The molecular formula is C18H23ClN4O2. The number of amides is 1. The Morgan fingerprint density at radius 2 is 2.00 bits per heavy atom. The molecule has 1 aliphatic rings. The summed E-state index contributed by atoms with van der Waals surface area (Å²) in [6.45, 7) is 0. The van der Waals surface area contributed by atoms with E-state index in [4.69, 9.17) is 10.5 Å². The lowest BCUT2D eigenvalue weighted by atomic mass is 9.84. The first-order chi connectivity index (χ1) is 11.7. The van der Waals surface area contributed by atoms with Gasteiger partial charge in [-0.05, 0) is 25.0 Å². The molecule has 2 unspecified atom stereocenters. The molecule has 2 aromatic rings. The number of halogens is 1. The van der Waals surface area contributed by atoms with Crippen LogP contribution in [0, 0.1) is 5.92 Å². The van der Waals surface area contributed by atoms with Crippen molar-refractivity contribution in [2.75, 3.05) is 12.4 Å². The largest absolute Gasteiger partial charge is 0.496 e. The molecule has 0 saturated heterocycles. The van der Waals surface area contributed by atoms with E-state index in [9.17, 15) is 4.79 Å². The second-order valence-corrected chi connectivity index (χ2v) is 6.03. The maximum absolute atomic E-state index is 12.5. The van der Waals surface area contributed by atoms with Crippen molar-refractivity contribution in [3.63, 3.8) is 0 Å². The molecule has 0 radical (unpaired) electrons. The lowest BCUT2D eigenvalue weighted by Crippen LogP contribution is -2.40. The number of methoxy groups -OCH3 is 1. The molecule has 1 aliphatic carbocycles. The first-order valence-corrected chi connectivity index (χ1v) is 8.21. The molecule has 1 aromatic heterocycles. The summed E-state index contributed by atoms with van der Waals surface area (Å²) >= 11 is 0. The van der Waals surface area contributed by atoms with Crippen LogP contribution in [-0.2, 0) is 4.79 Å². The topological polar surface area (TPSA) is 90.1 Å². The third-order valence-electron chi connectivity index (χ3n) is 4.46. The lowest BCUT2D eigenvalue weighted by Gasteiger charge is -2.27. The van der Waals surface area contributed by atoms with Crippen molar-refractivity contribution < 1.29 is 9.53 Å². The first kappa shape index (κ1) is 19.1. The molecule has 25 heavy (non-hydrogen) atoms. The fraction of sp³-hybridized carbons (Fsp3) is 0.389. The summed E-state index contributed by atoms with van der Waals surface area (Å²) in [4.78, 5) is 20.9. The van der Waals surface area contributed by atoms with Gasteiger partial charge in [-0.1, -0.05) is 25.0 Å². The van der Waals surface area contributed by atoms with Gasteiger partial charge in [0, 0.05) is 17.7 Å². The van der Waals surface area contributed by atoms with Crippen LogP contribution >= 0.6 is 12.4 Å². The van der Waals surface area contributed by atoms with Crippen molar-refractivity contribution >= 4 is 24.1 Å². The van der Waals surface area contributed by atoms with Crippen molar-refractivity contribution in [2.24, 2.45) is 11.7 Å². The average molecular weight is 363 g/mol. The van der Waals surface area contributed by atoms with Crippen LogP contribution in [0.25, 0.3) is 11.3 Å². The second kappa shape index (κ2) is 8.78. The number of hydrogen-bond donors (Lipinski definition) is 2. The van der Waals surface area contributed by atoms with Crippen molar-refractivity contribution in [2.45, 2.75) is 31.7 Å². The van der Waals surface area contributed by atoms with Gasteiger partial charge < -0.3 is 15.8 Å². The van der Waals surface area contributed by atoms with Crippen molar-refractivity contribution in [1.82, 2.24) is 9.97 Å². The highest BCUT2D eigenvalue weighted by atomic mass is 35.5. The molecule has 0 spiro atoms. The molecule has 3 rings (SSSR count). The fourth-order valence-electron chi connectivity index (χ4n) is 3.13. The molecule has 0 bridgehead atoms. The van der Waals surface area contributed by atoms with Crippen molar-refractivity contribution in [3.05, 3.63) is 36.7 Å². The summed E-state index contributed by atoms with van der Waals surface area (Å²) < 4.78 is 5.37. The van der Waals surface area contributed by atoms with Crippen molar-refractivity contribution in [3.8, 4) is 17.0 Å². The standard InChI is InChI=1S/C18H22N4O2.ClH/c1-24-16-9-5-3-7-13(16)15-10-17(21-11-20-15)22-18(23)12-6-2-4-8-14(12)19;/h3,5,7,9-12,14H,2,4,6,8,19H2,1H3,(H,20,21,22,23);1H. The molecule has 1 saturated carbocycles. The number of nitrogens with one attached hydrogen (secondary N) is 1. The van der Waals surface area contributed by atoms with E-state index >= 15 is 0 Å². The third-order valence-corrected chi connectivity index (χ3v) is 4.46. The van der Waals surface area contributed by atoms with E-state index in [1.807, 2.05) is 24.3 Å². The molecule has 6 nitrogen and oxygen atoms in total. The van der Waals surface area contributed by atoms with E-state index in [1.165, 1.54) is 6.33 Å². The molecule has 2 atom stereocenters. The van der Waals surface area contributed by atoms with Gasteiger partial charge in [0.05, 0.1) is 18.7 Å². The van der Waals surface area contributed by atoms with Gasteiger partial charge >= 0.3 is 0 Å². The van der Waals surface area contributed by atoms with E-state index < -0.39 is 0 Å². The number of benzene rings is 1. The van der Waals surface area contributed by atoms with Gasteiger partial charge in [-0.2, -0.15) is 0 Å². The summed E-state index contributed by atoms with van der Waals surface area (Å²) in [6.07, 6.45) is 5.31. The number of nitrogens with two attached hydrogens (primary N) is 1. The Morgan fingerprint density at radius 1 is 1.24 bits per heavy atom. The van der Waals surface area contributed by atoms with Crippen molar-refractivity contribution in [1.29, 1.82) is 0 Å². The Kier molecular flexibility index (Phi) is 6.73. The Balaban J connectivity index is 0.00000225. The number of nitrogens with zero attached hydrogens (tertiary/aromatic N) is 2. The molecule has 7 heteroatoms. The van der Waals surface area contributed by atoms with Crippen LogP contribution in [0.4, 0.5) is 5.82 Å². The van der Waals surface area contributed by atoms with Gasteiger partial charge in [0.25, 0.3) is 0 Å². The fourth-order valence-corrected chi connectivity index (χ4v) is 3.13. The zero-order valence-corrected chi connectivity index (χ0v) is 15.0. The minimum atomic E-state index is -0.150. The maximum Gasteiger partial charge on any atom is 0.230 e. The minimum Gasteiger partial charge on any atom is -0.496 e. The number of anilines is 1. The van der Waals surface area contributed by atoms with Crippen LogP contribution in [0.2, 0.25) is 0 Å². The smallest absolute Gasteiger partial charge is 0.230 e. The summed E-state index contributed by atoms with van der Waals surface area (Å²) in [7, 11) is 1.62. The Bertz CT molecular complexity index is 726. The number of ether oxygens (including phenoxy) is 1. The van der Waals surface area contributed by atoms with Gasteiger partial charge in [0.15, 0.2) is 0 Å². The Labute approximate surface area is 153 Å². The van der Waals surface area contributed by atoms with Gasteiger partial charge in [-0.25, -0.2) is 9.97 Å². The summed E-state index contributed by atoms with van der Waals surface area (Å²) in [5.74, 6) is 0.992. The van der Waals surface area contributed by atoms with E-state index in [-0.39, 0.29) is 30.3 Å². The second-order valence-electron chi connectivity index (χ2n) is 6.03. The van der Waals surface area contributed by atoms with Crippen LogP contribution in [0.5, 0.6) is 5.75 Å². The highest BCUT2D eigenvalue weighted by molar-refractivity contribution is 5.92. The lowest BCUT2D eigenvalue weighted by molar-refractivity contribution is -0.121. The molecule has 1 amide bonds. The van der Waals surface area contributed by atoms with Gasteiger partial charge in [-0.15, -0.1) is 12.4 Å². The zero-order valence-electron chi connectivity index (χ0n) is 14.1. The summed E-state index contributed by atoms with van der Waals surface area (Å²) in [6, 6.07) is 9.29. The van der Waals surface area contributed by atoms with Crippen LogP contribution < -0.4 is 15.8 Å². The first-order valence-electron chi connectivity index (χ1n) is 8.21. The Morgan fingerprint density at radius 3 is 2.76 bits per heavy atom. The predicted octanol–water partition coefficient (Wildman–Crippen LogP) is 3.03. The van der Waals surface area contributed by atoms with Gasteiger partial charge in [0.2, 0.25) is 5.91 Å². The van der Waals surface area contributed by atoms with E-state index in [0.29, 0.717) is 11.5 Å². The number of hydrogen-bond acceptors (Lipinski definition) is 5. The van der Waals surface area contributed by atoms with E-state index in [1.54, 1.807) is 13.2 Å². The average Bonchev–Trinajstić information content (AvgIpc) is 2.62. The molecule has 1 aromatic carbocycles. The molecule has 3 N–H and O–H groups in total. The number of carbonyl (C=O) groups excluding carboxylic acids is 1. The molecule has 1 heterocycles. The monoisotopic (exact) mass is 362 g/mol. The molecule has 1 fully saturated rings.